The van der Waals surface area contributed by atoms with Gasteiger partial charge in [-0.3, -0.25) is 0 Å². The average Bonchev–Trinajstić information content (AvgIpc) is 2.35. The standard InChI is InChI=1S/C14H18O3/c1-3-16-14(15)10-9-12(2)17-11-13-7-5-4-6-8-13/h4-10,12H,3,11H2,1-2H3/b10-9+. The molecule has 0 radical (unpaired) electrons. The molecule has 0 fully saturated rings. The fraction of sp³-hybridized carbons (Fsp3) is 0.357. The Balaban J connectivity index is 2.30. The van der Waals surface area contributed by atoms with Gasteiger partial charge in [-0.15, -0.1) is 0 Å². The first-order chi connectivity index (χ1) is 8.22. The molecule has 0 aliphatic heterocycles. The van der Waals surface area contributed by atoms with Gasteiger partial charge in [-0.2, -0.15) is 0 Å². The van der Waals surface area contributed by atoms with Gasteiger partial charge < -0.3 is 9.47 Å². The fourth-order valence-electron chi connectivity index (χ4n) is 1.26. The van der Waals surface area contributed by atoms with E-state index >= 15 is 0 Å². The topological polar surface area (TPSA) is 35.5 Å². The summed E-state index contributed by atoms with van der Waals surface area (Å²) in [6.07, 6.45) is 2.99. The fourth-order valence-corrected chi connectivity index (χ4v) is 1.26. The maximum atomic E-state index is 11.1. The highest BCUT2D eigenvalue weighted by Gasteiger charge is 2.00. The van der Waals surface area contributed by atoms with E-state index in [0.717, 1.165) is 5.56 Å². The maximum absolute atomic E-state index is 11.1. The molecule has 3 nitrogen and oxygen atoms in total. The third-order valence-corrected chi connectivity index (χ3v) is 2.15. The van der Waals surface area contributed by atoms with Gasteiger partial charge in [0.1, 0.15) is 0 Å². The molecule has 0 bridgehead atoms. The molecule has 0 saturated heterocycles. The van der Waals surface area contributed by atoms with E-state index in [1.54, 1.807) is 13.0 Å². The van der Waals surface area contributed by atoms with Crippen molar-refractivity contribution in [2.45, 2.75) is 26.6 Å². The van der Waals surface area contributed by atoms with Gasteiger partial charge >= 0.3 is 5.97 Å². The molecule has 0 amide bonds. The minimum absolute atomic E-state index is 0.111. The van der Waals surface area contributed by atoms with Crippen LogP contribution in [0.3, 0.4) is 0 Å². The number of ether oxygens (including phenoxy) is 2. The Kier molecular flexibility index (Phi) is 6.04. The smallest absolute Gasteiger partial charge is 0.330 e. The predicted octanol–water partition coefficient (Wildman–Crippen LogP) is 2.71. The van der Waals surface area contributed by atoms with Crippen LogP contribution < -0.4 is 0 Å². The van der Waals surface area contributed by atoms with Gasteiger partial charge in [0.15, 0.2) is 0 Å². The van der Waals surface area contributed by atoms with Crippen molar-refractivity contribution in [3.8, 4) is 0 Å². The van der Waals surface area contributed by atoms with Gasteiger partial charge in [0.25, 0.3) is 0 Å². The first-order valence-electron chi connectivity index (χ1n) is 5.73. The zero-order valence-corrected chi connectivity index (χ0v) is 10.3. The summed E-state index contributed by atoms with van der Waals surface area (Å²) in [6, 6.07) is 9.91. The Labute approximate surface area is 102 Å². The minimum Gasteiger partial charge on any atom is -0.463 e. The Morgan fingerprint density at radius 2 is 2.06 bits per heavy atom. The molecule has 0 heterocycles. The van der Waals surface area contributed by atoms with Gasteiger partial charge in [-0.05, 0) is 25.5 Å². The van der Waals surface area contributed by atoms with Crippen LogP contribution in [0.15, 0.2) is 42.5 Å². The van der Waals surface area contributed by atoms with Crippen LogP contribution in [0, 0.1) is 0 Å². The van der Waals surface area contributed by atoms with E-state index in [9.17, 15) is 4.79 Å². The van der Waals surface area contributed by atoms with Crippen molar-refractivity contribution in [2.75, 3.05) is 6.61 Å². The second-order valence-electron chi connectivity index (χ2n) is 3.61. The summed E-state index contributed by atoms with van der Waals surface area (Å²) < 4.78 is 10.3. The van der Waals surface area contributed by atoms with Crippen molar-refractivity contribution >= 4 is 5.97 Å². The van der Waals surface area contributed by atoms with Crippen molar-refractivity contribution in [1.82, 2.24) is 0 Å². The van der Waals surface area contributed by atoms with Crippen molar-refractivity contribution in [1.29, 1.82) is 0 Å². The van der Waals surface area contributed by atoms with Crippen LogP contribution in [0.2, 0.25) is 0 Å². The molecule has 1 rings (SSSR count). The lowest BCUT2D eigenvalue weighted by atomic mass is 10.2. The van der Waals surface area contributed by atoms with Gasteiger partial charge in [-0.1, -0.05) is 30.3 Å². The second kappa shape index (κ2) is 7.63. The molecule has 1 unspecified atom stereocenters. The predicted molar refractivity (Wildman–Crippen MR) is 66.5 cm³/mol. The Bertz CT molecular complexity index is 357. The summed E-state index contributed by atoms with van der Waals surface area (Å²) in [7, 11) is 0. The number of rotatable bonds is 6. The lowest BCUT2D eigenvalue weighted by Crippen LogP contribution is -2.06. The minimum atomic E-state index is -0.331. The number of carbonyl (C=O) groups is 1. The molecule has 0 spiro atoms. The summed E-state index contributed by atoms with van der Waals surface area (Å²) in [5.74, 6) is -0.331. The van der Waals surface area contributed by atoms with Gasteiger partial charge in [-0.25, -0.2) is 4.79 Å². The van der Waals surface area contributed by atoms with E-state index < -0.39 is 0 Å². The molecule has 3 heteroatoms. The number of carbonyl (C=O) groups excluding carboxylic acids is 1. The monoisotopic (exact) mass is 234 g/mol. The average molecular weight is 234 g/mol. The highest BCUT2D eigenvalue weighted by molar-refractivity contribution is 5.81. The molecule has 1 aromatic carbocycles. The second-order valence-corrected chi connectivity index (χ2v) is 3.61. The molecule has 1 atom stereocenters. The number of esters is 1. The van der Waals surface area contributed by atoms with E-state index in [2.05, 4.69) is 0 Å². The summed E-state index contributed by atoms with van der Waals surface area (Å²) in [6.45, 7) is 4.59. The Morgan fingerprint density at radius 3 is 2.71 bits per heavy atom. The molecule has 1 aromatic rings. The van der Waals surface area contributed by atoms with Gasteiger partial charge in [0, 0.05) is 6.08 Å². The van der Waals surface area contributed by atoms with Crippen LogP contribution in [0.1, 0.15) is 19.4 Å². The largest absolute Gasteiger partial charge is 0.463 e. The molecule has 0 aliphatic rings. The van der Waals surface area contributed by atoms with Crippen LogP contribution >= 0.6 is 0 Å². The van der Waals surface area contributed by atoms with Crippen molar-refractivity contribution in [2.24, 2.45) is 0 Å². The summed E-state index contributed by atoms with van der Waals surface area (Å²) >= 11 is 0. The number of benzene rings is 1. The summed E-state index contributed by atoms with van der Waals surface area (Å²) in [5, 5.41) is 0. The zero-order chi connectivity index (χ0) is 12.5. The summed E-state index contributed by atoms with van der Waals surface area (Å²) in [4.78, 5) is 11.1. The van der Waals surface area contributed by atoms with Gasteiger partial charge in [0.05, 0.1) is 19.3 Å². The molecule has 0 aliphatic carbocycles. The molecule has 0 N–H and O–H groups in total. The lowest BCUT2D eigenvalue weighted by Gasteiger charge is -2.08. The highest BCUT2D eigenvalue weighted by Crippen LogP contribution is 2.04. The van der Waals surface area contributed by atoms with Crippen molar-refractivity contribution in [3.05, 3.63) is 48.0 Å². The molecule has 0 aromatic heterocycles. The third-order valence-electron chi connectivity index (χ3n) is 2.15. The van der Waals surface area contributed by atoms with Crippen molar-refractivity contribution < 1.29 is 14.3 Å². The van der Waals surface area contributed by atoms with E-state index in [1.165, 1.54) is 6.08 Å². The molecule has 92 valence electrons. The van der Waals surface area contributed by atoms with Crippen LogP contribution in [0.5, 0.6) is 0 Å². The van der Waals surface area contributed by atoms with E-state index in [0.29, 0.717) is 13.2 Å². The van der Waals surface area contributed by atoms with E-state index in [4.69, 9.17) is 9.47 Å². The van der Waals surface area contributed by atoms with Crippen molar-refractivity contribution in [3.63, 3.8) is 0 Å². The first kappa shape index (κ1) is 13.5. The summed E-state index contributed by atoms with van der Waals surface area (Å²) in [5.41, 5.74) is 1.11. The SMILES string of the molecule is CCOC(=O)/C=C/C(C)OCc1ccccc1. The van der Waals surface area contributed by atoms with E-state index in [-0.39, 0.29) is 12.1 Å². The van der Waals surface area contributed by atoms with E-state index in [1.807, 2.05) is 37.3 Å². The molecule has 17 heavy (non-hydrogen) atoms. The number of hydrogen-bond acceptors (Lipinski definition) is 3. The normalized spacial score (nSPS) is 12.6. The Morgan fingerprint density at radius 1 is 1.35 bits per heavy atom. The quantitative estimate of drug-likeness (QED) is 0.561. The maximum Gasteiger partial charge on any atom is 0.330 e. The van der Waals surface area contributed by atoms with Crippen LogP contribution in [0.4, 0.5) is 0 Å². The molecular formula is C14H18O3. The highest BCUT2D eigenvalue weighted by atomic mass is 16.5. The zero-order valence-electron chi connectivity index (χ0n) is 10.3. The third kappa shape index (κ3) is 5.88. The number of hydrogen-bond donors (Lipinski definition) is 0. The van der Waals surface area contributed by atoms with Crippen LogP contribution in [0.25, 0.3) is 0 Å². The molecule has 0 saturated carbocycles. The molecular weight excluding hydrogens is 216 g/mol. The first-order valence-corrected chi connectivity index (χ1v) is 5.73. The lowest BCUT2D eigenvalue weighted by molar-refractivity contribution is -0.137. The van der Waals surface area contributed by atoms with Crippen LogP contribution in [-0.4, -0.2) is 18.7 Å². The van der Waals surface area contributed by atoms with Gasteiger partial charge in [0.2, 0.25) is 0 Å². The van der Waals surface area contributed by atoms with Crippen LogP contribution in [-0.2, 0) is 20.9 Å². The Hall–Kier alpha value is -1.61.